The predicted molar refractivity (Wildman–Crippen MR) is 98.8 cm³/mol. The minimum Gasteiger partial charge on any atom is -0.336 e. The molecule has 1 aliphatic heterocycles. The van der Waals surface area contributed by atoms with Crippen LogP contribution in [0.1, 0.15) is 28.2 Å². The Morgan fingerprint density at radius 3 is 2.46 bits per heavy atom. The van der Waals surface area contributed by atoms with Crippen molar-refractivity contribution in [2.45, 2.75) is 20.3 Å². The Kier molecular flexibility index (Phi) is 5.38. The van der Waals surface area contributed by atoms with Crippen LogP contribution < -0.4 is 0 Å². The van der Waals surface area contributed by atoms with Gasteiger partial charge in [0, 0.05) is 39.1 Å². The van der Waals surface area contributed by atoms with Crippen LogP contribution in [0.25, 0.3) is 5.69 Å². The van der Waals surface area contributed by atoms with Crippen molar-refractivity contribution in [1.29, 1.82) is 0 Å². The van der Waals surface area contributed by atoms with Gasteiger partial charge < -0.3 is 4.90 Å². The summed E-state index contributed by atoms with van der Waals surface area (Å²) in [7, 11) is 0. The maximum atomic E-state index is 13.2. The number of benzene rings is 1. The van der Waals surface area contributed by atoms with Gasteiger partial charge in [0.2, 0.25) is 0 Å². The molecule has 5 nitrogen and oxygen atoms in total. The normalized spacial score (nSPS) is 15.1. The molecule has 1 saturated heterocycles. The van der Waals surface area contributed by atoms with E-state index in [1.807, 2.05) is 18.7 Å². The number of hydrogen-bond donors (Lipinski definition) is 0. The van der Waals surface area contributed by atoms with Crippen molar-refractivity contribution in [3.63, 3.8) is 0 Å². The zero-order chi connectivity index (χ0) is 18.7. The van der Waals surface area contributed by atoms with Crippen LogP contribution in [0.5, 0.6) is 0 Å². The molecule has 2 heterocycles. The largest absolute Gasteiger partial charge is 0.336 e. The molecule has 136 valence electrons. The summed E-state index contributed by atoms with van der Waals surface area (Å²) in [5.41, 5.74) is 2.83. The number of aromatic nitrogens is 2. The van der Waals surface area contributed by atoms with E-state index in [-0.39, 0.29) is 11.7 Å². The molecule has 0 radical (unpaired) electrons. The van der Waals surface area contributed by atoms with Gasteiger partial charge in [0.1, 0.15) is 5.82 Å². The van der Waals surface area contributed by atoms with Gasteiger partial charge in [-0.2, -0.15) is 5.10 Å². The molecule has 2 aromatic rings. The van der Waals surface area contributed by atoms with Crippen molar-refractivity contribution >= 4 is 5.91 Å². The number of aryl methyl sites for hydroxylation is 1. The highest BCUT2D eigenvalue weighted by Crippen LogP contribution is 2.20. The van der Waals surface area contributed by atoms with Gasteiger partial charge in [-0.15, -0.1) is 12.3 Å². The van der Waals surface area contributed by atoms with Gasteiger partial charge in [0.15, 0.2) is 0 Å². The number of carbonyl (C=O) groups is 1. The van der Waals surface area contributed by atoms with Crippen molar-refractivity contribution in [1.82, 2.24) is 19.6 Å². The standard InChI is InChI=1S/C20H23FN4O/c1-4-5-10-23-11-13-24(14-12-23)20(26)19-15(2)22-25(16(19)3)18-8-6-17(21)7-9-18/h1,6-9H,5,10-14H2,2-3H3. The van der Waals surface area contributed by atoms with Gasteiger partial charge in [-0.1, -0.05) is 0 Å². The third-order valence-corrected chi connectivity index (χ3v) is 4.81. The lowest BCUT2D eigenvalue weighted by atomic mass is 10.1. The summed E-state index contributed by atoms with van der Waals surface area (Å²) in [6.45, 7) is 7.62. The third kappa shape index (κ3) is 3.63. The first-order valence-electron chi connectivity index (χ1n) is 8.78. The second-order valence-electron chi connectivity index (χ2n) is 6.52. The lowest BCUT2D eigenvalue weighted by molar-refractivity contribution is 0.0638. The monoisotopic (exact) mass is 354 g/mol. The quantitative estimate of drug-likeness (QED) is 0.792. The van der Waals surface area contributed by atoms with E-state index in [1.54, 1.807) is 16.8 Å². The van der Waals surface area contributed by atoms with Crippen LogP contribution in [0.3, 0.4) is 0 Å². The van der Waals surface area contributed by atoms with E-state index in [0.717, 1.165) is 37.4 Å². The summed E-state index contributed by atoms with van der Waals surface area (Å²) >= 11 is 0. The Hall–Kier alpha value is -2.65. The summed E-state index contributed by atoms with van der Waals surface area (Å²) in [6, 6.07) is 6.10. The summed E-state index contributed by atoms with van der Waals surface area (Å²) in [5, 5.41) is 4.50. The molecule has 0 spiro atoms. The van der Waals surface area contributed by atoms with E-state index in [1.165, 1.54) is 12.1 Å². The molecule has 0 aliphatic carbocycles. The van der Waals surface area contributed by atoms with E-state index in [4.69, 9.17) is 6.42 Å². The average Bonchev–Trinajstić information content (AvgIpc) is 2.95. The molecule has 1 fully saturated rings. The van der Waals surface area contributed by atoms with Gasteiger partial charge in [0.05, 0.1) is 22.6 Å². The third-order valence-electron chi connectivity index (χ3n) is 4.81. The minimum absolute atomic E-state index is 0.00459. The molecule has 26 heavy (non-hydrogen) atoms. The first kappa shape index (κ1) is 18.2. The average molecular weight is 354 g/mol. The van der Waals surface area contributed by atoms with Crippen LogP contribution in [0.15, 0.2) is 24.3 Å². The number of carbonyl (C=O) groups excluding carboxylic acids is 1. The molecule has 1 amide bonds. The van der Waals surface area contributed by atoms with Crippen molar-refractivity contribution in [2.24, 2.45) is 0 Å². The summed E-state index contributed by atoms with van der Waals surface area (Å²) < 4.78 is 14.9. The van der Waals surface area contributed by atoms with Gasteiger partial charge in [-0.3, -0.25) is 9.69 Å². The molecule has 0 atom stereocenters. The first-order valence-corrected chi connectivity index (χ1v) is 8.78. The Morgan fingerprint density at radius 2 is 1.85 bits per heavy atom. The van der Waals surface area contributed by atoms with Crippen LogP contribution in [-0.2, 0) is 0 Å². The molecule has 0 bridgehead atoms. The number of rotatable bonds is 4. The number of hydrogen-bond acceptors (Lipinski definition) is 3. The molecular formula is C20H23FN4O. The number of amides is 1. The van der Waals surface area contributed by atoms with E-state index in [2.05, 4.69) is 15.9 Å². The smallest absolute Gasteiger partial charge is 0.257 e. The van der Waals surface area contributed by atoms with Crippen molar-refractivity contribution in [3.8, 4) is 18.0 Å². The highest BCUT2D eigenvalue weighted by Gasteiger charge is 2.27. The molecule has 1 aromatic carbocycles. The first-order chi connectivity index (χ1) is 12.5. The fraction of sp³-hybridized carbons (Fsp3) is 0.400. The Bertz CT molecular complexity index is 827. The summed E-state index contributed by atoms with van der Waals surface area (Å²) in [6.07, 6.45) is 6.05. The predicted octanol–water partition coefficient (Wildman–Crippen LogP) is 2.41. The summed E-state index contributed by atoms with van der Waals surface area (Å²) in [4.78, 5) is 17.2. The molecule has 0 saturated carbocycles. The van der Waals surface area contributed by atoms with E-state index >= 15 is 0 Å². The van der Waals surface area contributed by atoms with Crippen molar-refractivity contribution < 1.29 is 9.18 Å². The lowest BCUT2D eigenvalue weighted by Gasteiger charge is -2.34. The lowest BCUT2D eigenvalue weighted by Crippen LogP contribution is -2.49. The Balaban J connectivity index is 1.76. The number of terminal acetylenes is 1. The Morgan fingerprint density at radius 1 is 1.19 bits per heavy atom. The van der Waals surface area contributed by atoms with E-state index < -0.39 is 0 Å². The highest BCUT2D eigenvalue weighted by molar-refractivity contribution is 5.96. The topological polar surface area (TPSA) is 41.4 Å². The van der Waals surface area contributed by atoms with Crippen LogP contribution >= 0.6 is 0 Å². The summed E-state index contributed by atoms with van der Waals surface area (Å²) in [5.74, 6) is 2.36. The van der Waals surface area contributed by atoms with E-state index in [9.17, 15) is 9.18 Å². The maximum Gasteiger partial charge on any atom is 0.257 e. The number of piperazine rings is 1. The highest BCUT2D eigenvalue weighted by atomic mass is 19.1. The van der Waals surface area contributed by atoms with Gasteiger partial charge in [0.25, 0.3) is 5.91 Å². The van der Waals surface area contributed by atoms with Crippen LogP contribution in [0.2, 0.25) is 0 Å². The molecule has 6 heteroatoms. The number of halogens is 1. The van der Waals surface area contributed by atoms with Crippen molar-refractivity contribution in [2.75, 3.05) is 32.7 Å². The molecule has 1 aliphatic rings. The van der Waals surface area contributed by atoms with Crippen molar-refractivity contribution in [3.05, 3.63) is 47.0 Å². The molecular weight excluding hydrogens is 331 g/mol. The fourth-order valence-electron chi connectivity index (χ4n) is 3.34. The molecule has 1 aromatic heterocycles. The second kappa shape index (κ2) is 7.71. The van der Waals surface area contributed by atoms with Gasteiger partial charge >= 0.3 is 0 Å². The zero-order valence-electron chi connectivity index (χ0n) is 15.2. The molecule has 0 N–H and O–H groups in total. The van der Waals surface area contributed by atoms with Gasteiger partial charge in [-0.05, 0) is 38.1 Å². The molecule has 0 unspecified atom stereocenters. The van der Waals surface area contributed by atoms with E-state index in [0.29, 0.717) is 24.3 Å². The SMILES string of the molecule is C#CCCN1CCN(C(=O)c2c(C)nn(-c3ccc(F)cc3)c2C)CC1. The van der Waals surface area contributed by atoms with Crippen LogP contribution in [0, 0.1) is 32.0 Å². The van der Waals surface area contributed by atoms with Crippen LogP contribution in [0.4, 0.5) is 4.39 Å². The number of nitrogens with zero attached hydrogens (tertiary/aromatic N) is 4. The van der Waals surface area contributed by atoms with Crippen LogP contribution in [-0.4, -0.2) is 58.2 Å². The molecule has 3 rings (SSSR count). The fourth-order valence-corrected chi connectivity index (χ4v) is 3.34. The second-order valence-corrected chi connectivity index (χ2v) is 6.52. The minimum atomic E-state index is -0.297. The Labute approximate surface area is 153 Å². The maximum absolute atomic E-state index is 13.2. The zero-order valence-corrected chi connectivity index (χ0v) is 15.2. The van der Waals surface area contributed by atoms with Gasteiger partial charge in [-0.25, -0.2) is 9.07 Å².